The molecular formula is C14H26N2O. The number of carbonyl (C=O) groups is 1. The minimum atomic E-state index is -0.229. The fraction of sp³-hybridized carbons (Fsp3) is 0.929. The van der Waals surface area contributed by atoms with E-state index in [2.05, 4.69) is 9.80 Å². The molecule has 0 aromatic rings. The van der Waals surface area contributed by atoms with Gasteiger partial charge in [0, 0.05) is 24.5 Å². The summed E-state index contributed by atoms with van der Waals surface area (Å²) in [5.74, 6) is 0.333. The minimum absolute atomic E-state index is 0.229. The maximum Gasteiger partial charge on any atom is 0.228 e. The Morgan fingerprint density at radius 1 is 1.12 bits per heavy atom. The summed E-state index contributed by atoms with van der Waals surface area (Å²) < 4.78 is 0. The first-order chi connectivity index (χ1) is 7.98. The number of amides is 1. The summed E-state index contributed by atoms with van der Waals surface area (Å²) in [7, 11) is 0. The van der Waals surface area contributed by atoms with Crippen LogP contribution >= 0.6 is 0 Å². The van der Waals surface area contributed by atoms with Gasteiger partial charge in [0.05, 0.1) is 0 Å². The van der Waals surface area contributed by atoms with Crippen molar-refractivity contribution in [1.82, 2.24) is 9.80 Å². The minimum Gasteiger partial charge on any atom is -0.338 e. The number of likely N-dealkylation sites (tertiary alicyclic amines) is 2. The Hall–Kier alpha value is -0.570. The van der Waals surface area contributed by atoms with Crippen molar-refractivity contribution in [3.8, 4) is 0 Å². The second kappa shape index (κ2) is 4.97. The largest absolute Gasteiger partial charge is 0.338 e. The summed E-state index contributed by atoms with van der Waals surface area (Å²) in [4.78, 5) is 17.0. The summed E-state index contributed by atoms with van der Waals surface area (Å²) in [6.45, 7) is 10.6. The van der Waals surface area contributed by atoms with E-state index in [1.165, 1.54) is 38.8 Å². The third-order valence-electron chi connectivity index (χ3n) is 3.95. The predicted molar refractivity (Wildman–Crippen MR) is 69.9 cm³/mol. The van der Waals surface area contributed by atoms with Crippen LogP contribution in [-0.4, -0.2) is 47.9 Å². The molecule has 0 radical (unpaired) electrons. The summed E-state index contributed by atoms with van der Waals surface area (Å²) in [6.07, 6.45) is 5.04. The first-order valence-corrected chi connectivity index (χ1v) is 7.02. The van der Waals surface area contributed by atoms with Crippen LogP contribution in [-0.2, 0) is 4.79 Å². The zero-order valence-electron chi connectivity index (χ0n) is 11.5. The van der Waals surface area contributed by atoms with Crippen molar-refractivity contribution in [2.45, 2.75) is 52.5 Å². The van der Waals surface area contributed by atoms with E-state index in [0.717, 1.165) is 13.1 Å². The van der Waals surface area contributed by atoms with Crippen LogP contribution in [0.25, 0.3) is 0 Å². The van der Waals surface area contributed by atoms with E-state index in [9.17, 15) is 4.79 Å². The number of nitrogens with zero attached hydrogens (tertiary/aromatic N) is 2. The molecule has 2 rings (SSSR count). The lowest BCUT2D eigenvalue weighted by Crippen LogP contribution is -2.46. The molecule has 2 aliphatic heterocycles. The number of carbonyl (C=O) groups excluding carboxylic acids is 1. The van der Waals surface area contributed by atoms with Crippen molar-refractivity contribution in [3.63, 3.8) is 0 Å². The number of rotatable bonds is 2. The summed E-state index contributed by atoms with van der Waals surface area (Å²) in [5, 5.41) is 0. The van der Waals surface area contributed by atoms with Crippen molar-refractivity contribution in [1.29, 1.82) is 0 Å². The maximum atomic E-state index is 12.4. The molecule has 3 nitrogen and oxygen atoms in total. The Kier molecular flexibility index (Phi) is 3.76. The standard InChI is InChI=1S/C14H26N2O/c1-14(2,3)13(17)16-10-6-7-12(16)11-15-8-4-5-9-15/h12H,4-11H2,1-3H3. The van der Waals surface area contributed by atoms with Crippen molar-refractivity contribution >= 4 is 5.91 Å². The molecule has 2 heterocycles. The van der Waals surface area contributed by atoms with E-state index in [-0.39, 0.29) is 5.41 Å². The van der Waals surface area contributed by atoms with E-state index in [1.54, 1.807) is 0 Å². The van der Waals surface area contributed by atoms with Crippen LogP contribution in [0.1, 0.15) is 46.5 Å². The molecule has 2 aliphatic rings. The van der Waals surface area contributed by atoms with Crippen molar-refractivity contribution < 1.29 is 4.79 Å². The molecular weight excluding hydrogens is 212 g/mol. The van der Waals surface area contributed by atoms with Gasteiger partial charge in [-0.3, -0.25) is 4.79 Å². The summed E-state index contributed by atoms with van der Waals surface area (Å²) in [6, 6.07) is 0.472. The lowest BCUT2D eigenvalue weighted by molar-refractivity contribution is -0.140. The summed E-state index contributed by atoms with van der Waals surface area (Å²) >= 11 is 0. The molecule has 1 unspecified atom stereocenters. The molecule has 3 heteroatoms. The number of hydrogen-bond acceptors (Lipinski definition) is 2. The van der Waals surface area contributed by atoms with Crippen LogP contribution in [0.4, 0.5) is 0 Å². The van der Waals surface area contributed by atoms with Gasteiger partial charge in [0.2, 0.25) is 5.91 Å². The highest BCUT2D eigenvalue weighted by Gasteiger charge is 2.35. The first kappa shape index (κ1) is 12.9. The molecule has 2 fully saturated rings. The van der Waals surface area contributed by atoms with Gasteiger partial charge < -0.3 is 9.80 Å². The average Bonchev–Trinajstić information content (AvgIpc) is 2.87. The molecule has 0 saturated carbocycles. The molecule has 0 spiro atoms. The Morgan fingerprint density at radius 3 is 2.35 bits per heavy atom. The molecule has 17 heavy (non-hydrogen) atoms. The van der Waals surface area contributed by atoms with Gasteiger partial charge in [0.1, 0.15) is 0 Å². The normalized spacial score (nSPS) is 26.8. The van der Waals surface area contributed by atoms with E-state index >= 15 is 0 Å². The lowest BCUT2D eigenvalue weighted by atomic mass is 9.94. The molecule has 98 valence electrons. The maximum absolute atomic E-state index is 12.4. The average molecular weight is 238 g/mol. The second-order valence-corrected chi connectivity index (χ2v) is 6.55. The quantitative estimate of drug-likeness (QED) is 0.735. The second-order valence-electron chi connectivity index (χ2n) is 6.55. The highest BCUT2D eigenvalue weighted by molar-refractivity contribution is 5.82. The van der Waals surface area contributed by atoms with E-state index in [4.69, 9.17) is 0 Å². The van der Waals surface area contributed by atoms with Gasteiger partial charge in [-0.2, -0.15) is 0 Å². The first-order valence-electron chi connectivity index (χ1n) is 7.02. The van der Waals surface area contributed by atoms with Gasteiger partial charge in [-0.15, -0.1) is 0 Å². The van der Waals surface area contributed by atoms with Crippen LogP contribution < -0.4 is 0 Å². The Balaban J connectivity index is 1.94. The number of hydrogen-bond donors (Lipinski definition) is 0. The van der Waals surface area contributed by atoms with E-state index in [0.29, 0.717) is 11.9 Å². The smallest absolute Gasteiger partial charge is 0.228 e. The highest BCUT2D eigenvalue weighted by atomic mass is 16.2. The van der Waals surface area contributed by atoms with Gasteiger partial charge >= 0.3 is 0 Å². The van der Waals surface area contributed by atoms with Crippen LogP contribution in [0.3, 0.4) is 0 Å². The SMILES string of the molecule is CC(C)(C)C(=O)N1CCCC1CN1CCCC1. The molecule has 0 aromatic heterocycles. The predicted octanol–water partition coefficient (Wildman–Crippen LogP) is 2.12. The van der Waals surface area contributed by atoms with Crippen LogP contribution in [0.15, 0.2) is 0 Å². The molecule has 1 atom stereocenters. The fourth-order valence-electron chi connectivity index (χ4n) is 2.99. The molecule has 0 bridgehead atoms. The van der Waals surface area contributed by atoms with Gasteiger partial charge in [0.15, 0.2) is 0 Å². The van der Waals surface area contributed by atoms with Crippen molar-refractivity contribution in [2.75, 3.05) is 26.2 Å². The molecule has 0 aliphatic carbocycles. The monoisotopic (exact) mass is 238 g/mol. The highest BCUT2D eigenvalue weighted by Crippen LogP contribution is 2.26. The third kappa shape index (κ3) is 3.01. The molecule has 0 N–H and O–H groups in total. The Bertz CT molecular complexity index is 276. The van der Waals surface area contributed by atoms with E-state index in [1.807, 2.05) is 20.8 Å². The van der Waals surface area contributed by atoms with Crippen LogP contribution in [0, 0.1) is 5.41 Å². The van der Waals surface area contributed by atoms with Crippen molar-refractivity contribution in [3.05, 3.63) is 0 Å². The third-order valence-corrected chi connectivity index (χ3v) is 3.95. The Morgan fingerprint density at radius 2 is 1.76 bits per heavy atom. The van der Waals surface area contributed by atoms with Gasteiger partial charge in [0.25, 0.3) is 0 Å². The topological polar surface area (TPSA) is 23.6 Å². The van der Waals surface area contributed by atoms with Gasteiger partial charge in [-0.05, 0) is 38.8 Å². The molecule has 2 saturated heterocycles. The summed E-state index contributed by atoms with van der Waals surface area (Å²) in [5.41, 5.74) is -0.229. The fourth-order valence-corrected chi connectivity index (χ4v) is 2.99. The van der Waals surface area contributed by atoms with Gasteiger partial charge in [-0.1, -0.05) is 20.8 Å². The zero-order valence-corrected chi connectivity index (χ0v) is 11.5. The van der Waals surface area contributed by atoms with E-state index < -0.39 is 0 Å². The van der Waals surface area contributed by atoms with Gasteiger partial charge in [-0.25, -0.2) is 0 Å². The van der Waals surface area contributed by atoms with Crippen molar-refractivity contribution in [2.24, 2.45) is 5.41 Å². The lowest BCUT2D eigenvalue weighted by Gasteiger charge is -2.33. The molecule has 0 aromatic carbocycles. The zero-order chi connectivity index (χ0) is 12.5. The molecule has 1 amide bonds. The Labute approximate surface area is 105 Å². The van der Waals surface area contributed by atoms with Crippen LogP contribution in [0.2, 0.25) is 0 Å². The van der Waals surface area contributed by atoms with Crippen LogP contribution in [0.5, 0.6) is 0 Å².